The van der Waals surface area contributed by atoms with Gasteiger partial charge < -0.3 is 15.1 Å². The maximum atomic E-state index is 11.4. The lowest BCUT2D eigenvalue weighted by Crippen LogP contribution is -2.34. The summed E-state index contributed by atoms with van der Waals surface area (Å²) in [5.41, 5.74) is 2.10. The predicted molar refractivity (Wildman–Crippen MR) is 122 cm³/mol. The average Bonchev–Trinajstić information content (AvgIpc) is 3.20. The number of aliphatic hydroxyl groups is 2. The summed E-state index contributed by atoms with van der Waals surface area (Å²) < 4.78 is 25.2. The fourth-order valence-electron chi connectivity index (χ4n) is 5.44. The minimum atomic E-state index is -3.30. The molecule has 1 aliphatic carbocycles. The van der Waals surface area contributed by atoms with Crippen molar-refractivity contribution in [2.45, 2.75) is 30.8 Å². The van der Waals surface area contributed by atoms with E-state index >= 15 is 0 Å². The molecule has 1 aliphatic heterocycles. The quantitative estimate of drug-likeness (QED) is 0.582. The molecule has 4 atom stereocenters. The van der Waals surface area contributed by atoms with E-state index in [1.807, 2.05) is 30.3 Å². The minimum absolute atomic E-state index is 0.0192. The van der Waals surface area contributed by atoms with E-state index in [0.29, 0.717) is 23.9 Å². The van der Waals surface area contributed by atoms with Crippen LogP contribution in [0.3, 0.4) is 0 Å². The van der Waals surface area contributed by atoms with Crippen LogP contribution in [0.25, 0.3) is 0 Å². The fourth-order valence-corrected chi connectivity index (χ4v) is 6.01. The molecule has 0 spiro atoms. The van der Waals surface area contributed by atoms with Crippen molar-refractivity contribution in [3.05, 3.63) is 65.7 Å². The highest BCUT2D eigenvalue weighted by Gasteiger charge is 2.48. The second kappa shape index (κ2) is 8.90. The Bertz CT molecular complexity index is 964. The predicted octanol–water partition coefficient (Wildman–Crippen LogP) is 2.45. The molecule has 2 aromatic carbocycles. The molecule has 0 aromatic heterocycles. The minimum Gasteiger partial charge on any atom is -0.396 e. The van der Waals surface area contributed by atoms with Crippen molar-refractivity contribution in [1.82, 2.24) is 4.90 Å². The van der Waals surface area contributed by atoms with E-state index in [2.05, 4.69) is 21.8 Å². The first kappa shape index (κ1) is 22.3. The number of anilines is 1. The molecule has 0 radical (unpaired) electrons. The topological polar surface area (TPSA) is 89.9 Å². The number of nitrogens with one attached hydrogen (secondary N) is 1. The van der Waals surface area contributed by atoms with Crippen LogP contribution in [-0.2, 0) is 16.4 Å². The van der Waals surface area contributed by atoms with Crippen molar-refractivity contribution in [3.63, 3.8) is 0 Å². The Labute approximate surface area is 185 Å². The van der Waals surface area contributed by atoms with E-state index in [4.69, 9.17) is 0 Å². The van der Waals surface area contributed by atoms with Gasteiger partial charge in [0.2, 0.25) is 10.0 Å². The Morgan fingerprint density at radius 3 is 2.23 bits per heavy atom. The summed E-state index contributed by atoms with van der Waals surface area (Å²) in [6.45, 7) is 2.71. The van der Waals surface area contributed by atoms with Crippen LogP contribution in [0.4, 0.5) is 5.69 Å². The van der Waals surface area contributed by atoms with Gasteiger partial charge in [-0.05, 0) is 47.9 Å². The van der Waals surface area contributed by atoms with E-state index in [1.54, 1.807) is 12.1 Å². The van der Waals surface area contributed by atoms with E-state index in [-0.39, 0.29) is 12.5 Å². The lowest BCUT2D eigenvalue weighted by Gasteiger charge is -2.28. The third-order valence-corrected chi connectivity index (χ3v) is 7.30. The van der Waals surface area contributed by atoms with Gasteiger partial charge in [0.1, 0.15) is 0 Å². The van der Waals surface area contributed by atoms with Crippen molar-refractivity contribution in [2.75, 3.05) is 37.2 Å². The molecule has 1 heterocycles. The second-order valence-electron chi connectivity index (χ2n) is 9.41. The summed E-state index contributed by atoms with van der Waals surface area (Å²) in [7, 11) is -3.30. The van der Waals surface area contributed by atoms with Crippen molar-refractivity contribution < 1.29 is 18.6 Å². The first-order valence-electron chi connectivity index (χ1n) is 10.9. The normalized spacial score (nSPS) is 27.2. The lowest BCUT2D eigenvalue weighted by molar-refractivity contribution is 0.0349. The largest absolute Gasteiger partial charge is 0.396 e. The third-order valence-electron chi connectivity index (χ3n) is 6.70. The van der Waals surface area contributed by atoms with Crippen LogP contribution < -0.4 is 4.72 Å². The Hall–Kier alpha value is -1.93. The Kier molecular flexibility index (Phi) is 6.40. The van der Waals surface area contributed by atoms with Crippen molar-refractivity contribution in [3.8, 4) is 0 Å². The number of rotatable bonds is 8. The molecule has 1 saturated heterocycles. The summed E-state index contributed by atoms with van der Waals surface area (Å²) in [5, 5.41) is 21.1. The van der Waals surface area contributed by atoms with E-state index in [9.17, 15) is 18.6 Å². The van der Waals surface area contributed by atoms with Crippen molar-refractivity contribution in [1.29, 1.82) is 0 Å². The summed E-state index contributed by atoms with van der Waals surface area (Å²) in [5.74, 6) is 0.970. The summed E-state index contributed by atoms with van der Waals surface area (Å²) in [4.78, 5) is 2.40. The number of sulfonamides is 1. The van der Waals surface area contributed by atoms with Gasteiger partial charge in [0.15, 0.2) is 0 Å². The van der Waals surface area contributed by atoms with Gasteiger partial charge in [-0.3, -0.25) is 4.72 Å². The van der Waals surface area contributed by atoms with Crippen molar-refractivity contribution in [2.24, 2.45) is 11.8 Å². The molecule has 7 heteroatoms. The Balaban J connectivity index is 1.33. The highest BCUT2D eigenvalue weighted by Crippen LogP contribution is 2.45. The molecule has 31 heavy (non-hydrogen) atoms. The van der Waals surface area contributed by atoms with Gasteiger partial charge in [-0.25, -0.2) is 8.42 Å². The summed E-state index contributed by atoms with van der Waals surface area (Å²) >= 11 is 0. The van der Waals surface area contributed by atoms with Gasteiger partial charge in [-0.15, -0.1) is 0 Å². The van der Waals surface area contributed by atoms with Crippen LogP contribution in [0.1, 0.15) is 29.9 Å². The number of hydrogen-bond donors (Lipinski definition) is 3. The SMILES string of the molecule is CS(=O)(=O)Nc1ccc(C(CO)CN2C[C@@H]3CC(O)(Cc4ccccc4)C[C@@H]3C2)cc1. The fraction of sp³-hybridized carbons (Fsp3) is 0.500. The molecule has 2 fully saturated rings. The maximum absolute atomic E-state index is 11.4. The average molecular weight is 445 g/mol. The molecule has 2 unspecified atom stereocenters. The lowest BCUT2D eigenvalue weighted by atomic mass is 9.91. The monoisotopic (exact) mass is 444 g/mol. The first-order chi connectivity index (χ1) is 14.7. The van der Waals surface area contributed by atoms with Gasteiger partial charge >= 0.3 is 0 Å². The molecule has 3 N–H and O–H groups in total. The maximum Gasteiger partial charge on any atom is 0.229 e. The number of benzene rings is 2. The van der Waals surface area contributed by atoms with Crippen LogP contribution in [-0.4, -0.2) is 61.6 Å². The molecule has 6 nitrogen and oxygen atoms in total. The molecular weight excluding hydrogens is 412 g/mol. The van der Waals surface area contributed by atoms with Gasteiger partial charge in [0.05, 0.1) is 18.5 Å². The standard InChI is InChI=1S/C24H32N2O4S/c1-31(29,30)25-23-9-7-19(8-10-23)22(17-27)16-26-14-20-12-24(28,13-21(20)15-26)11-18-5-3-2-4-6-18/h2-10,20-22,25,27-28H,11-17H2,1H3/t20-,21+,22?,24?. The summed E-state index contributed by atoms with van der Waals surface area (Å²) in [6, 6.07) is 17.4. The van der Waals surface area contributed by atoms with E-state index < -0.39 is 15.6 Å². The van der Waals surface area contributed by atoms with Gasteiger partial charge in [0, 0.05) is 37.7 Å². The zero-order valence-corrected chi connectivity index (χ0v) is 18.8. The number of nitrogens with zero attached hydrogens (tertiary/aromatic N) is 1. The number of fused-ring (bicyclic) bond motifs is 1. The molecule has 1 saturated carbocycles. The zero-order chi connectivity index (χ0) is 22.1. The molecule has 0 bridgehead atoms. The highest BCUT2D eigenvalue weighted by atomic mass is 32.2. The van der Waals surface area contributed by atoms with Crippen LogP contribution in [0.2, 0.25) is 0 Å². The number of likely N-dealkylation sites (tertiary alicyclic amines) is 1. The Morgan fingerprint density at radius 2 is 1.68 bits per heavy atom. The number of hydrogen-bond acceptors (Lipinski definition) is 5. The van der Waals surface area contributed by atoms with E-state index in [1.165, 1.54) is 5.56 Å². The van der Waals surface area contributed by atoms with Gasteiger partial charge in [-0.2, -0.15) is 0 Å². The summed E-state index contributed by atoms with van der Waals surface area (Å²) in [6.07, 6.45) is 3.51. The number of aliphatic hydroxyl groups excluding tert-OH is 1. The van der Waals surface area contributed by atoms with Gasteiger partial charge in [0.25, 0.3) is 0 Å². The smallest absolute Gasteiger partial charge is 0.229 e. The molecule has 168 valence electrons. The molecular formula is C24H32N2O4S. The van der Waals surface area contributed by atoms with Crippen molar-refractivity contribution >= 4 is 15.7 Å². The zero-order valence-electron chi connectivity index (χ0n) is 17.9. The van der Waals surface area contributed by atoms with E-state index in [0.717, 1.165) is 44.3 Å². The van der Waals surface area contributed by atoms with Crippen LogP contribution in [0.15, 0.2) is 54.6 Å². The van der Waals surface area contributed by atoms with Crippen LogP contribution >= 0.6 is 0 Å². The third kappa shape index (κ3) is 5.66. The molecule has 0 amide bonds. The van der Waals surface area contributed by atoms with Crippen LogP contribution in [0, 0.1) is 11.8 Å². The highest BCUT2D eigenvalue weighted by molar-refractivity contribution is 7.92. The molecule has 4 rings (SSSR count). The first-order valence-corrected chi connectivity index (χ1v) is 12.8. The molecule has 2 aromatic rings. The van der Waals surface area contributed by atoms with Crippen LogP contribution in [0.5, 0.6) is 0 Å². The second-order valence-corrected chi connectivity index (χ2v) is 11.2. The Morgan fingerprint density at radius 1 is 1.06 bits per heavy atom. The molecule has 2 aliphatic rings. The van der Waals surface area contributed by atoms with Gasteiger partial charge in [-0.1, -0.05) is 42.5 Å².